The number of nitrogens with zero attached hydrogens (tertiary/aromatic N) is 1. The second-order valence-electron chi connectivity index (χ2n) is 3.28. The number of rotatable bonds is 3. The summed E-state index contributed by atoms with van der Waals surface area (Å²) in [7, 11) is 1.20. The van der Waals surface area contributed by atoms with Gasteiger partial charge in [-0.25, -0.2) is 4.79 Å². The summed E-state index contributed by atoms with van der Waals surface area (Å²) in [6.45, 7) is 1.72. The third kappa shape index (κ3) is 2.97. The number of carbonyl (C=O) groups excluding carboxylic acids is 2. The molecule has 0 bridgehead atoms. The Morgan fingerprint density at radius 3 is 2.71 bits per heavy atom. The predicted molar refractivity (Wildman–Crippen MR) is 47.6 cm³/mol. The monoisotopic (exact) mass is 202 g/mol. The van der Waals surface area contributed by atoms with E-state index in [1.807, 2.05) is 4.90 Å². The minimum atomic E-state index is -0.741. The molecule has 6 heteroatoms. The van der Waals surface area contributed by atoms with Crippen LogP contribution in [-0.4, -0.2) is 55.4 Å². The van der Waals surface area contributed by atoms with Crippen LogP contribution in [0.1, 0.15) is 0 Å². The average Bonchev–Trinajstić information content (AvgIpc) is 2.10. The molecule has 0 saturated carbocycles. The molecule has 0 aromatic rings. The molecule has 0 aliphatic carbocycles. The molecule has 1 heterocycles. The van der Waals surface area contributed by atoms with E-state index >= 15 is 0 Å². The molecule has 6 nitrogen and oxygen atoms in total. The van der Waals surface area contributed by atoms with E-state index in [1.54, 1.807) is 0 Å². The summed E-state index contributed by atoms with van der Waals surface area (Å²) in [6.07, 6.45) is -0.741. The largest absolute Gasteiger partial charge is 0.453 e. The van der Waals surface area contributed by atoms with Crippen LogP contribution in [0.2, 0.25) is 0 Å². The SMILES string of the molecule is COC(=O)NC(=O)CN1CC(CO)C1. The number of imide groups is 1. The highest BCUT2D eigenvalue weighted by atomic mass is 16.5. The molecule has 2 N–H and O–H groups in total. The molecule has 1 aliphatic heterocycles. The van der Waals surface area contributed by atoms with Gasteiger partial charge in [0.05, 0.1) is 13.7 Å². The maximum absolute atomic E-state index is 11.1. The van der Waals surface area contributed by atoms with Crippen LogP contribution >= 0.6 is 0 Å². The summed E-state index contributed by atoms with van der Waals surface area (Å²) < 4.78 is 4.27. The Hall–Kier alpha value is -1.14. The lowest BCUT2D eigenvalue weighted by Gasteiger charge is -2.37. The number of aliphatic hydroxyl groups excluding tert-OH is 1. The van der Waals surface area contributed by atoms with Gasteiger partial charge in [0.15, 0.2) is 0 Å². The van der Waals surface area contributed by atoms with E-state index in [0.29, 0.717) is 13.1 Å². The zero-order valence-electron chi connectivity index (χ0n) is 8.02. The molecule has 1 rings (SSSR count). The van der Waals surface area contributed by atoms with Crippen molar-refractivity contribution in [3.8, 4) is 0 Å². The number of aliphatic hydroxyl groups is 1. The second-order valence-corrected chi connectivity index (χ2v) is 3.28. The molecule has 80 valence electrons. The van der Waals surface area contributed by atoms with Gasteiger partial charge in [-0.05, 0) is 0 Å². The molecule has 0 aromatic heterocycles. The van der Waals surface area contributed by atoms with Crippen LogP contribution in [0.25, 0.3) is 0 Å². The first kappa shape index (κ1) is 10.9. The Morgan fingerprint density at radius 2 is 2.21 bits per heavy atom. The van der Waals surface area contributed by atoms with Gasteiger partial charge < -0.3 is 9.84 Å². The highest BCUT2D eigenvalue weighted by Crippen LogP contribution is 2.13. The van der Waals surface area contributed by atoms with E-state index in [4.69, 9.17) is 5.11 Å². The minimum absolute atomic E-state index is 0.148. The van der Waals surface area contributed by atoms with Gasteiger partial charge in [0.2, 0.25) is 5.91 Å². The molecule has 1 fully saturated rings. The first-order valence-corrected chi connectivity index (χ1v) is 4.36. The lowest BCUT2D eigenvalue weighted by atomic mass is 10.0. The van der Waals surface area contributed by atoms with Gasteiger partial charge in [0.25, 0.3) is 0 Å². The lowest BCUT2D eigenvalue weighted by molar-refractivity contribution is -0.123. The molecule has 0 radical (unpaired) electrons. The van der Waals surface area contributed by atoms with Crippen molar-refractivity contribution < 1.29 is 19.4 Å². The molecule has 14 heavy (non-hydrogen) atoms. The van der Waals surface area contributed by atoms with E-state index in [1.165, 1.54) is 7.11 Å². The van der Waals surface area contributed by atoms with Gasteiger partial charge in [-0.1, -0.05) is 0 Å². The fraction of sp³-hybridized carbons (Fsp3) is 0.750. The van der Waals surface area contributed by atoms with Crippen molar-refractivity contribution in [3.05, 3.63) is 0 Å². The summed E-state index contributed by atoms with van der Waals surface area (Å²) in [5.74, 6) is -0.117. The minimum Gasteiger partial charge on any atom is -0.453 e. The van der Waals surface area contributed by atoms with Crippen molar-refractivity contribution in [2.75, 3.05) is 33.4 Å². The highest BCUT2D eigenvalue weighted by molar-refractivity contribution is 5.92. The van der Waals surface area contributed by atoms with Crippen LogP contribution in [0.4, 0.5) is 4.79 Å². The maximum atomic E-state index is 11.1. The molecule has 2 amide bonds. The predicted octanol–water partition coefficient (Wildman–Crippen LogP) is -1.21. The molecule has 1 saturated heterocycles. The van der Waals surface area contributed by atoms with Crippen molar-refractivity contribution in [1.82, 2.24) is 10.2 Å². The Kier molecular flexibility index (Phi) is 3.84. The van der Waals surface area contributed by atoms with E-state index < -0.39 is 6.09 Å². The van der Waals surface area contributed by atoms with Crippen molar-refractivity contribution in [1.29, 1.82) is 0 Å². The summed E-state index contributed by atoms with van der Waals surface area (Å²) in [4.78, 5) is 23.6. The smallest absolute Gasteiger partial charge is 0.413 e. The summed E-state index contributed by atoms with van der Waals surface area (Å²) in [5.41, 5.74) is 0. The molecule has 0 aromatic carbocycles. The Morgan fingerprint density at radius 1 is 1.57 bits per heavy atom. The topological polar surface area (TPSA) is 78.9 Å². The van der Waals surface area contributed by atoms with Crippen molar-refractivity contribution in [2.24, 2.45) is 5.92 Å². The third-order valence-corrected chi connectivity index (χ3v) is 2.09. The number of carbonyl (C=O) groups is 2. The van der Waals surface area contributed by atoms with Gasteiger partial charge >= 0.3 is 6.09 Å². The quantitative estimate of drug-likeness (QED) is 0.600. The van der Waals surface area contributed by atoms with E-state index in [2.05, 4.69) is 10.1 Å². The number of likely N-dealkylation sites (tertiary alicyclic amines) is 1. The van der Waals surface area contributed by atoms with Crippen LogP contribution in [-0.2, 0) is 9.53 Å². The zero-order chi connectivity index (χ0) is 10.6. The first-order valence-electron chi connectivity index (χ1n) is 4.36. The van der Waals surface area contributed by atoms with Gasteiger partial charge in [-0.15, -0.1) is 0 Å². The first-order chi connectivity index (χ1) is 6.65. The molecular formula is C8H14N2O4. The van der Waals surface area contributed by atoms with Crippen LogP contribution in [0.3, 0.4) is 0 Å². The lowest BCUT2D eigenvalue weighted by Crippen LogP contribution is -2.52. The fourth-order valence-corrected chi connectivity index (χ4v) is 1.33. The van der Waals surface area contributed by atoms with Crippen molar-refractivity contribution in [3.63, 3.8) is 0 Å². The van der Waals surface area contributed by atoms with Crippen LogP contribution in [0, 0.1) is 5.92 Å². The maximum Gasteiger partial charge on any atom is 0.413 e. The van der Waals surface area contributed by atoms with Gasteiger partial charge in [-0.2, -0.15) is 0 Å². The number of nitrogens with one attached hydrogen (secondary N) is 1. The molecule has 1 aliphatic rings. The van der Waals surface area contributed by atoms with Crippen molar-refractivity contribution >= 4 is 12.0 Å². The average molecular weight is 202 g/mol. The summed E-state index contributed by atoms with van der Waals surface area (Å²) in [6, 6.07) is 0. The van der Waals surface area contributed by atoms with Crippen LogP contribution in [0.15, 0.2) is 0 Å². The zero-order valence-corrected chi connectivity index (χ0v) is 8.02. The van der Waals surface area contributed by atoms with E-state index in [9.17, 15) is 9.59 Å². The number of alkyl carbamates (subject to hydrolysis) is 1. The molecule has 0 unspecified atom stereocenters. The van der Waals surface area contributed by atoms with Crippen LogP contribution in [0.5, 0.6) is 0 Å². The number of ether oxygens (including phenoxy) is 1. The molecular weight excluding hydrogens is 188 g/mol. The van der Waals surface area contributed by atoms with E-state index in [-0.39, 0.29) is 25.0 Å². The van der Waals surface area contributed by atoms with Gasteiger partial charge in [0.1, 0.15) is 0 Å². The summed E-state index contributed by atoms with van der Waals surface area (Å²) >= 11 is 0. The molecule has 0 atom stereocenters. The number of hydrogen-bond acceptors (Lipinski definition) is 5. The fourth-order valence-electron chi connectivity index (χ4n) is 1.33. The van der Waals surface area contributed by atoms with Crippen LogP contribution < -0.4 is 5.32 Å². The number of methoxy groups -OCH3 is 1. The summed E-state index contributed by atoms with van der Waals surface area (Å²) in [5, 5.41) is 10.8. The van der Waals surface area contributed by atoms with Gasteiger partial charge in [-0.3, -0.25) is 15.0 Å². The Labute approximate surface area is 81.8 Å². The standard InChI is InChI=1S/C8H14N2O4/c1-14-8(13)9-7(12)4-10-2-6(3-10)5-11/h6,11H,2-5H2,1H3,(H,9,12,13). The highest BCUT2D eigenvalue weighted by Gasteiger charge is 2.27. The Bertz CT molecular complexity index is 225. The second kappa shape index (κ2) is 4.92. The van der Waals surface area contributed by atoms with Crippen molar-refractivity contribution in [2.45, 2.75) is 0 Å². The molecule has 0 spiro atoms. The normalized spacial score (nSPS) is 17.3. The number of hydrogen-bond donors (Lipinski definition) is 2. The van der Waals surface area contributed by atoms with Gasteiger partial charge in [0, 0.05) is 25.6 Å². The van der Waals surface area contributed by atoms with E-state index in [0.717, 1.165) is 0 Å². The Balaban J connectivity index is 2.13. The third-order valence-electron chi connectivity index (χ3n) is 2.09. The number of amides is 2.